The maximum atomic E-state index is 11.5. The van der Waals surface area contributed by atoms with Crippen LogP contribution in [-0.4, -0.2) is 53.1 Å². The van der Waals surface area contributed by atoms with Crippen molar-refractivity contribution in [1.82, 2.24) is 15.5 Å². The second-order valence-electron chi connectivity index (χ2n) is 5.00. The lowest BCUT2D eigenvalue weighted by atomic mass is 10.1. The summed E-state index contributed by atoms with van der Waals surface area (Å²) in [6, 6.07) is -0.631. The molecule has 3 amide bonds. The van der Waals surface area contributed by atoms with Gasteiger partial charge in [0.25, 0.3) is 0 Å². The number of rotatable bonds is 5. The Hall–Kier alpha value is -2.07. The summed E-state index contributed by atoms with van der Waals surface area (Å²) < 4.78 is 0. The van der Waals surface area contributed by atoms with Gasteiger partial charge in [-0.15, -0.1) is 6.42 Å². The molecule has 0 aromatic carbocycles. The predicted molar refractivity (Wildman–Crippen MR) is 69.3 cm³/mol. The first-order valence-corrected chi connectivity index (χ1v) is 5.63. The summed E-state index contributed by atoms with van der Waals surface area (Å²) in [6.07, 6.45) is 5.07. The molecule has 0 aliphatic heterocycles. The Labute approximate surface area is 112 Å². The second-order valence-corrected chi connectivity index (χ2v) is 5.00. The van der Waals surface area contributed by atoms with E-state index in [0.717, 1.165) is 0 Å². The molecule has 7 nitrogen and oxygen atoms in total. The number of carboxylic acids is 1. The lowest BCUT2D eigenvalue weighted by Gasteiger charge is -2.21. The molecule has 0 saturated heterocycles. The zero-order valence-electron chi connectivity index (χ0n) is 11.3. The van der Waals surface area contributed by atoms with E-state index in [1.165, 1.54) is 4.90 Å². The van der Waals surface area contributed by atoms with E-state index < -0.39 is 23.4 Å². The minimum absolute atomic E-state index is 0.0145. The van der Waals surface area contributed by atoms with Crippen molar-refractivity contribution >= 4 is 17.9 Å². The molecule has 0 aromatic heterocycles. The monoisotopic (exact) mass is 269 g/mol. The zero-order valence-corrected chi connectivity index (χ0v) is 11.3. The van der Waals surface area contributed by atoms with Crippen LogP contribution in [0.5, 0.6) is 0 Å². The Morgan fingerprint density at radius 3 is 2.26 bits per heavy atom. The molecule has 3 N–H and O–H groups in total. The van der Waals surface area contributed by atoms with Crippen molar-refractivity contribution in [1.29, 1.82) is 0 Å². The maximum Gasteiger partial charge on any atom is 0.321 e. The summed E-state index contributed by atoms with van der Waals surface area (Å²) in [4.78, 5) is 34.7. The van der Waals surface area contributed by atoms with Crippen LogP contribution in [0.2, 0.25) is 0 Å². The number of carbonyl (C=O) groups is 3. The molecule has 0 fully saturated rings. The normalized spacial score (nSPS) is 10.7. The van der Waals surface area contributed by atoms with Gasteiger partial charge < -0.3 is 10.4 Å². The molecule has 0 spiro atoms. The molecule has 0 aromatic rings. The fraction of sp³-hybridized carbons (Fsp3) is 0.583. The summed E-state index contributed by atoms with van der Waals surface area (Å²) >= 11 is 0. The van der Waals surface area contributed by atoms with Crippen molar-refractivity contribution in [2.45, 2.75) is 26.3 Å². The van der Waals surface area contributed by atoms with E-state index in [1.807, 2.05) is 0 Å². The van der Waals surface area contributed by atoms with Gasteiger partial charge in [-0.05, 0) is 20.8 Å². The lowest BCUT2D eigenvalue weighted by Crippen LogP contribution is -2.50. The first-order valence-electron chi connectivity index (χ1n) is 5.63. The number of hydrogen-bond donors (Lipinski definition) is 3. The molecule has 0 heterocycles. The molecular formula is C12H19N3O4. The van der Waals surface area contributed by atoms with Gasteiger partial charge >= 0.3 is 12.0 Å². The van der Waals surface area contributed by atoms with Crippen molar-refractivity contribution in [3.8, 4) is 12.3 Å². The quantitative estimate of drug-likeness (QED) is 0.591. The van der Waals surface area contributed by atoms with Gasteiger partial charge in [-0.3, -0.25) is 19.8 Å². The highest BCUT2D eigenvalue weighted by Crippen LogP contribution is 1.97. The SMILES string of the molecule is C#CCN(CC(=O)O)CC(=O)NC(=O)NC(C)(C)C. The van der Waals surface area contributed by atoms with Crippen LogP contribution in [0, 0.1) is 12.3 Å². The Kier molecular flexibility index (Phi) is 6.58. The van der Waals surface area contributed by atoms with Crippen LogP contribution in [0.4, 0.5) is 4.79 Å². The van der Waals surface area contributed by atoms with E-state index in [1.54, 1.807) is 20.8 Å². The van der Waals surface area contributed by atoms with E-state index in [-0.39, 0.29) is 19.6 Å². The smallest absolute Gasteiger partial charge is 0.321 e. The van der Waals surface area contributed by atoms with Crippen molar-refractivity contribution in [2.24, 2.45) is 0 Å². The highest BCUT2D eigenvalue weighted by atomic mass is 16.4. The van der Waals surface area contributed by atoms with Gasteiger partial charge in [-0.1, -0.05) is 5.92 Å². The first-order chi connectivity index (χ1) is 8.64. The Balaban J connectivity index is 4.30. The number of urea groups is 1. The van der Waals surface area contributed by atoms with Crippen LogP contribution in [0.3, 0.4) is 0 Å². The van der Waals surface area contributed by atoms with E-state index in [2.05, 4.69) is 16.6 Å². The van der Waals surface area contributed by atoms with Gasteiger partial charge in [-0.25, -0.2) is 4.79 Å². The third-order valence-corrected chi connectivity index (χ3v) is 1.78. The number of carbonyl (C=O) groups excluding carboxylic acids is 2. The second kappa shape index (κ2) is 7.38. The first kappa shape index (κ1) is 16.9. The molecule has 0 aliphatic carbocycles. The Morgan fingerprint density at radius 1 is 1.26 bits per heavy atom. The van der Waals surface area contributed by atoms with Gasteiger partial charge in [0.2, 0.25) is 5.91 Å². The molecular weight excluding hydrogens is 250 g/mol. The lowest BCUT2D eigenvalue weighted by molar-refractivity contribution is -0.138. The van der Waals surface area contributed by atoms with Gasteiger partial charge in [0.05, 0.1) is 19.6 Å². The summed E-state index contributed by atoms with van der Waals surface area (Å²) in [5, 5.41) is 13.3. The van der Waals surface area contributed by atoms with E-state index >= 15 is 0 Å². The highest BCUT2D eigenvalue weighted by Gasteiger charge is 2.18. The Bertz CT molecular complexity index is 393. The average molecular weight is 269 g/mol. The fourth-order valence-electron chi connectivity index (χ4n) is 1.23. The molecule has 106 valence electrons. The van der Waals surface area contributed by atoms with Gasteiger partial charge in [0, 0.05) is 5.54 Å². The maximum absolute atomic E-state index is 11.5. The number of nitrogens with zero attached hydrogens (tertiary/aromatic N) is 1. The van der Waals surface area contributed by atoms with Crippen LogP contribution < -0.4 is 10.6 Å². The number of amides is 3. The van der Waals surface area contributed by atoms with Crippen LogP contribution in [0.15, 0.2) is 0 Å². The predicted octanol–water partition coefficient (Wildman–Crippen LogP) is -0.369. The molecule has 0 rings (SSSR count). The molecule has 19 heavy (non-hydrogen) atoms. The number of nitrogens with one attached hydrogen (secondary N) is 2. The van der Waals surface area contributed by atoms with Crippen LogP contribution in [0.25, 0.3) is 0 Å². The Morgan fingerprint density at radius 2 is 1.84 bits per heavy atom. The van der Waals surface area contributed by atoms with Crippen molar-refractivity contribution in [3.05, 3.63) is 0 Å². The van der Waals surface area contributed by atoms with E-state index in [4.69, 9.17) is 11.5 Å². The molecule has 0 atom stereocenters. The van der Waals surface area contributed by atoms with Crippen molar-refractivity contribution < 1.29 is 19.5 Å². The van der Waals surface area contributed by atoms with Gasteiger partial charge in [0.1, 0.15) is 0 Å². The zero-order chi connectivity index (χ0) is 15.1. The number of carboxylic acid groups (broad SMARTS) is 1. The molecule has 0 radical (unpaired) electrons. The van der Waals surface area contributed by atoms with Crippen LogP contribution in [0.1, 0.15) is 20.8 Å². The summed E-state index contributed by atoms with van der Waals surface area (Å²) in [7, 11) is 0. The standard InChI is InChI=1S/C12H19N3O4/c1-5-6-15(8-10(17)18)7-9(16)13-11(19)14-12(2,3)4/h1H,6-8H2,2-4H3,(H,17,18)(H2,13,14,16,19). The van der Waals surface area contributed by atoms with Gasteiger partial charge in [-0.2, -0.15) is 0 Å². The number of aliphatic carboxylic acids is 1. The minimum atomic E-state index is -1.10. The summed E-state index contributed by atoms with van der Waals surface area (Å²) in [6.45, 7) is 4.71. The van der Waals surface area contributed by atoms with Crippen molar-refractivity contribution in [3.63, 3.8) is 0 Å². The van der Waals surface area contributed by atoms with Crippen LogP contribution in [-0.2, 0) is 9.59 Å². The van der Waals surface area contributed by atoms with Crippen LogP contribution >= 0.6 is 0 Å². The number of imide groups is 1. The largest absolute Gasteiger partial charge is 0.480 e. The average Bonchev–Trinajstić information content (AvgIpc) is 2.12. The van der Waals surface area contributed by atoms with Gasteiger partial charge in [0.15, 0.2) is 0 Å². The molecule has 0 saturated carbocycles. The highest BCUT2D eigenvalue weighted by molar-refractivity contribution is 5.95. The summed E-state index contributed by atoms with van der Waals surface area (Å²) in [5.74, 6) is 0.544. The topological polar surface area (TPSA) is 98.7 Å². The summed E-state index contributed by atoms with van der Waals surface area (Å²) in [5.41, 5.74) is -0.468. The third kappa shape index (κ3) is 9.62. The fourth-order valence-corrected chi connectivity index (χ4v) is 1.23. The van der Waals surface area contributed by atoms with E-state index in [9.17, 15) is 14.4 Å². The minimum Gasteiger partial charge on any atom is -0.480 e. The molecule has 0 bridgehead atoms. The number of terminal acetylenes is 1. The number of hydrogen-bond acceptors (Lipinski definition) is 4. The molecule has 0 unspecified atom stereocenters. The van der Waals surface area contributed by atoms with Crippen molar-refractivity contribution in [2.75, 3.05) is 19.6 Å². The third-order valence-electron chi connectivity index (χ3n) is 1.78. The van der Waals surface area contributed by atoms with E-state index in [0.29, 0.717) is 0 Å². The molecule has 7 heteroatoms. The molecule has 0 aliphatic rings.